The number of rotatable bonds is 2. The molecule has 0 fully saturated rings. The van der Waals surface area contributed by atoms with Crippen LogP contribution in [0.4, 0.5) is 15.9 Å². The summed E-state index contributed by atoms with van der Waals surface area (Å²) in [4.78, 5) is 15.7. The Morgan fingerprint density at radius 3 is 2.85 bits per heavy atom. The molecule has 0 bridgehead atoms. The molecule has 1 heterocycles. The van der Waals surface area contributed by atoms with E-state index in [4.69, 9.17) is 22.6 Å². The van der Waals surface area contributed by atoms with Gasteiger partial charge in [-0.15, -0.1) is 0 Å². The number of anilines is 2. The Kier molecular flexibility index (Phi) is 3.82. The number of nitrogen functional groups attached to an aromatic ring is 1. The van der Waals surface area contributed by atoms with Crippen molar-refractivity contribution in [3.05, 3.63) is 52.4 Å². The molecule has 0 aliphatic heterocycles. The summed E-state index contributed by atoms with van der Waals surface area (Å²) in [6, 6.07) is 8.28. The minimum absolute atomic E-state index is 0.0647. The van der Waals surface area contributed by atoms with Gasteiger partial charge in [-0.05, 0) is 24.3 Å². The summed E-state index contributed by atoms with van der Waals surface area (Å²) in [5, 5.41) is 11.4. The lowest BCUT2D eigenvalue weighted by Gasteiger charge is -2.08. The minimum atomic E-state index is -0.711. The highest BCUT2D eigenvalue weighted by molar-refractivity contribution is 6.30. The fourth-order valence-electron chi connectivity index (χ4n) is 1.58. The quantitative estimate of drug-likeness (QED) is 0.832. The van der Waals surface area contributed by atoms with E-state index in [-0.39, 0.29) is 27.8 Å². The van der Waals surface area contributed by atoms with Gasteiger partial charge in [0.1, 0.15) is 28.4 Å². The van der Waals surface area contributed by atoms with Crippen LogP contribution in [0.15, 0.2) is 30.3 Å². The van der Waals surface area contributed by atoms with Gasteiger partial charge in [0.2, 0.25) is 0 Å². The number of halogens is 2. The number of pyridine rings is 1. The number of carbonyl (C=O) groups is 1. The second kappa shape index (κ2) is 5.55. The standard InChI is InChI=1S/C13H8ClFN4O/c14-11-4-7(5-12(17)19-11)13(20)18-10-3-1-2-9(15)8(10)6-16/h1-5H,(H2,17,19)(H,18,20). The number of amides is 1. The summed E-state index contributed by atoms with van der Waals surface area (Å²) in [5.74, 6) is -1.19. The number of hydrogen-bond acceptors (Lipinski definition) is 4. The number of carbonyl (C=O) groups excluding carboxylic acids is 1. The molecule has 1 aromatic carbocycles. The summed E-state index contributed by atoms with van der Waals surface area (Å²) < 4.78 is 13.4. The normalized spacial score (nSPS) is 9.85. The van der Waals surface area contributed by atoms with Crippen LogP contribution >= 0.6 is 11.6 Å². The average molecular weight is 291 g/mol. The number of nitrogens with two attached hydrogens (primary N) is 1. The molecule has 0 unspecified atom stereocenters. The van der Waals surface area contributed by atoms with Crippen LogP contribution in [-0.2, 0) is 0 Å². The first-order valence-electron chi connectivity index (χ1n) is 5.44. The van der Waals surface area contributed by atoms with Gasteiger partial charge >= 0.3 is 0 Å². The third-order valence-corrected chi connectivity index (χ3v) is 2.64. The number of hydrogen-bond donors (Lipinski definition) is 2. The van der Waals surface area contributed by atoms with Crippen molar-refractivity contribution >= 4 is 29.0 Å². The van der Waals surface area contributed by atoms with Crippen molar-refractivity contribution < 1.29 is 9.18 Å². The minimum Gasteiger partial charge on any atom is -0.384 e. The Balaban J connectivity index is 2.33. The monoisotopic (exact) mass is 290 g/mol. The fourth-order valence-corrected chi connectivity index (χ4v) is 1.80. The lowest BCUT2D eigenvalue weighted by molar-refractivity contribution is 0.102. The smallest absolute Gasteiger partial charge is 0.255 e. The summed E-state index contributed by atoms with van der Waals surface area (Å²) in [5.41, 5.74) is 5.48. The van der Waals surface area contributed by atoms with Crippen LogP contribution < -0.4 is 11.1 Å². The highest BCUT2D eigenvalue weighted by Crippen LogP contribution is 2.19. The highest BCUT2D eigenvalue weighted by atomic mass is 35.5. The zero-order valence-electron chi connectivity index (χ0n) is 10.0. The van der Waals surface area contributed by atoms with Gasteiger partial charge in [0.15, 0.2) is 0 Å². The Morgan fingerprint density at radius 2 is 2.20 bits per heavy atom. The Labute approximate surface area is 118 Å². The molecule has 0 saturated carbocycles. The molecule has 5 nitrogen and oxygen atoms in total. The van der Waals surface area contributed by atoms with Crippen LogP contribution in [0.3, 0.4) is 0 Å². The second-order valence-electron chi connectivity index (χ2n) is 3.83. The van der Waals surface area contributed by atoms with Crippen LogP contribution in [0, 0.1) is 17.1 Å². The van der Waals surface area contributed by atoms with E-state index >= 15 is 0 Å². The molecule has 0 aliphatic rings. The Morgan fingerprint density at radius 1 is 1.45 bits per heavy atom. The SMILES string of the molecule is N#Cc1c(F)cccc1NC(=O)c1cc(N)nc(Cl)c1. The number of aromatic nitrogens is 1. The molecule has 1 amide bonds. The molecule has 0 saturated heterocycles. The second-order valence-corrected chi connectivity index (χ2v) is 4.22. The molecular weight excluding hydrogens is 283 g/mol. The summed E-state index contributed by atoms with van der Waals surface area (Å²) in [7, 11) is 0. The van der Waals surface area contributed by atoms with Crippen LogP contribution in [0.25, 0.3) is 0 Å². The highest BCUT2D eigenvalue weighted by Gasteiger charge is 2.13. The molecule has 2 rings (SSSR count). The van der Waals surface area contributed by atoms with Gasteiger partial charge in [0.05, 0.1) is 5.69 Å². The molecule has 0 atom stereocenters. The van der Waals surface area contributed by atoms with E-state index in [1.54, 1.807) is 6.07 Å². The molecule has 20 heavy (non-hydrogen) atoms. The molecule has 0 radical (unpaired) electrons. The van der Waals surface area contributed by atoms with Crippen LogP contribution in [-0.4, -0.2) is 10.9 Å². The van der Waals surface area contributed by atoms with Crippen molar-refractivity contribution in [2.75, 3.05) is 11.1 Å². The van der Waals surface area contributed by atoms with Gasteiger partial charge in [0.25, 0.3) is 5.91 Å². The van der Waals surface area contributed by atoms with E-state index in [1.807, 2.05) is 0 Å². The molecule has 2 aromatic rings. The van der Waals surface area contributed by atoms with Crippen molar-refractivity contribution in [2.45, 2.75) is 0 Å². The molecule has 3 N–H and O–H groups in total. The first kappa shape index (κ1) is 13.8. The van der Waals surface area contributed by atoms with E-state index in [1.165, 1.54) is 24.3 Å². The maximum Gasteiger partial charge on any atom is 0.255 e. The third kappa shape index (κ3) is 2.84. The molecule has 0 aliphatic carbocycles. The first-order valence-corrected chi connectivity index (χ1v) is 5.82. The predicted molar refractivity (Wildman–Crippen MR) is 72.7 cm³/mol. The Hall–Kier alpha value is -2.65. The number of benzene rings is 1. The van der Waals surface area contributed by atoms with Gasteiger partial charge in [-0.25, -0.2) is 9.37 Å². The Bertz CT molecular complexity index is 707. The third-order valence-electron chi connectivity index (χ3n) is 2.45. The van der Waals surface area contributed by atoms with Gasteiger partial charge in [-0.2, -0.15) is 5.26 Å². The first-order chi connectivity index (χ1) is 9.51. The molecule has 0 spiro atoms. The van der Waals surface area contributed by atoms with Crippen molar-refractivity contribution in [1.82, 2.24) is 4.98 Å². The van der Waals surface area contributed by atoms with Gasteiger partial charge in [-0.3, -0.25) is 4.79 Å². The number of nitrogens with one attached hydrogen (secondary N) is 1. The van der Waals surface area contributed by atoms with Crippen LogP contribution in [0.1, 0.15) is 15.9 Å². The lowest BCUT2D eigenvalue weighted by atomic mass is 10.1. The molecule has 1 aromatic heterocycles. The van der Waals surface area contributed by atoms with Crippen molar-refractivity contribution in [2.24, 2.45) is 0 Å². The number of nitrogens with zero attached hydrogens (tertiary/aromatic N) is 2. The fraction of sp³-hybridized carbons (Fsp3) is 0. The van der Waals surface area contributed by atoms with Gasteiger partial charge in [0, 0.05) is 5.56 Å². The number of nitriles is 1. The van der Waals surface area contributed by atoms with E-state index < -0.39 is 11.7 Å². The largest absolute Gasteiger partial charge is 0.384 e. The molecule has 7 heteroatoms. The maximum absolute atomic E-state index is 13.4. The zero-order chi connectivity index (χ0) is 14.7. The van der Waals surface area contributed by atoms with E-state index in [0.29, 0.717) is 0 Å². The molecular formula is C13H8ClFN4O. The molecule has 100 valence electrons. The van der Waals surface area contributed by atoms with E-state index in [9.17, 15) is 9.18 Å². The zero-order valence-corrected chi connectivity index (χ0v) is 10.8. The maximum atomic E-state index is 13.4. The summed E-state index contributed by atoms with van der Waals surface area (Å²) in [6.07, 6.45) is 0. The van der Waals surface area contributed by atoms with Crippen molar-refractivity contribution in [1.29, 1.82) is 5.26 Å². The van der Waals surface area contributed by atoms with E-state index in [0.717, 1.165) is 6.07 Å². The van der Waals surface area contributed by atoms with Crippen LogP contribution in [0.5, 0.6) is 0 Å². The lowest BCUT2D eigenvalue weighted by Crippen LogP contribution is -2.14. The van der Waals surface area contributed by atoms with Gasteiger partial charge in [-0.1, -0.05) is 17.7 Å². The average Bonchev–Trinajstić information content (AvgIpc) is 2.37. The predicted octanol–water partition coefficient (Wildman–Crippen LogP) is 2.58. The topological polar surface area (TPSA) is 91.8 Å². The van der Waals surface area contributed by atoms with E-state index in [2.05, 4.69) is 10.3 Å². The van der Waals surface area contributed by atoms with Crippen LogP contribution in [0.2, 0.25) is 5.15 Å². The summed E-state index contributed by atoms with van der Waals surface area (Å²) >= 11 is 5.70. The van der Waals surface area contributed by atoms with Crippen molar-refractivity contribution in [3.63, 3.8) is 0 Å². The summed E-state index contributed by atoms with van der Waals surface area (Å²) in [6.45, 7) is 0. The van der Waals surface area contributed by atoms with Crippen molar-refractivity contribution in [3.8, 4) is 6.07 Å². The van der Waals surface area contributed by atoms with Gasteiger partial charge < -0.3 is 11.1 Å².